The molecule has 4 rings (SSSR count). The van der Waals surface area contributed by atoms with Gasteiger partial charge in [0.25, 0.3) is 0 Å². The van der Waals surface area contributed by atoms with E-state index in [0.717, 1.165) is 5.56 Å². The van der Waals surface area contributed by atoms with Crippen molar-refractivity contribution in [2.75, 3.05) is 26.0 Å². The SMILES string of the molecule is COc1ccc(CN(C)S(=O)(=O)c2cnc(NCC3[C@H]4CC(F)(F)C[C@@H]34)c(Br)c2)cc1. The smallest absolute Gasteiger partial charge is 0.248 e. The van der Waals surface area contributed by atoms with Crippen LogP contribution in [0.1, 0.15) is 18.4 Å². The van der Waals surface area contributed by atoms with E-state index in [1.165, 1.54) is 23.6 Å². The molecule has 168 valence electrons. The average Bonchev–Trinajstić information content (AvgIpc) is 3.21. The zero-order valence-electron chi connectivity index (χ0n) is 17.2. The number of benzene rings is 1. The molecule has 31 heavy (non-hydrogen) atoms. The largest absolute Gasteiger partial charge is 0.497 e. The van der Waals surface area contributed by atoms with Crippen LogP contribution in [-0.2, 0) is 16.6 Å². The molecular weight excluding hydrogens is 492 g/mol. The summed E-state index contributed by atoms with van der Waals surface area (Å²) in [5.41, 5.74) is 0.831. The number of fused-ring (bicyclic) bond motifs is 1. The van der Waals surface area contributed by atoms with Crippen LogP contribution in [0.3, 0.4) is 0 Å². The number of methoxy groups -OCH3 is 1. The van der Waals surface area contributed by atoms with Crippen LogP contribution in [0, 0.1) is 17.8 Å². The van der Waals surface area contributed by atoms with E-state index in [0.29, 0.717) is 22.6 Å². The fraction of sp³-hybridized carbons (Fsp3) is 0.476. The number of aromatic nitrogens is 1. The number of halogens is 3. The molecule has 10 heteroatoms. The van der Waals surface area contributed by atoms with Gasteiger partial charge in [-0.1, -0.05) is 12.1 Å². The summed E-state index contributed by atoms with van der Waals surface area (Å²) in [7, 11) is -0.650. The van der Waals surface area contributed by atoms with Crippen molar-refractivity contribution in [2.24, 2.45) is 17.8 Å². The summed E-state index contributed by atoms with van der Waals surface area (Å²) in [4.78, 5) is 4.32. The molecule has 1 aromatic heterocycles. The van der Waals surface area contributed by atoms with Gasteiger partial charge in [0.1, 0.15) is 16.5 Å². The monoisotopic (exact) mass is 515 g/mol. The van der Waals surface area contributed by atoms with Crippen molar-refractivity contribution in [1.29, 1.82) is 0 Å². The number of rotatable bonds is 8. The lowest BCUT2D eigenvalue weighted by Crippen LogP contribution is -2.26. The molecule has 1 unspecified atom stereocenters. The van der Waals surface area contributed by atoms with Gasteiger partial charge < -0.3 is 10.1 Å². The van der Waals surface area contributed by atoms with Crippen molar-refractivity contribution in [3.8, 4) is 5.75 Å². The average molecular weight is 516 g/mol. The number of hydrogen-bond donors (Lipinski definition) is 1. The standard InChI is InChI=1S/C21H24BrF2N3O3S/c1-27(12-13-3-5-14(30-2)6-4-13)31(28,29)15-7-19(22)20(25-10-15)26-11-18-16-8-21(23,24)9-17(16)18/h3-7,10,16-18H,8-9,11-12H2,1-2H3,(H,25,26)/t16-,17+,18?. The number of ether oxygens (including phenoxy) is 1. The summed E-state index contributed by atoms with van der Waals surface area (Å²) in [5.74, 6) is -0.923. The van der Waals surface area contributed by atoms with Gasteiger partial charge >= 0.3 is 0 Å². The van der Waals surface area contributed by atoms with Gasteiger partial charge in [0.15, 0.2) is 0 Å². The molecule has 0 bridgehead atoms. The first-order valence-corrected chi connectivity index (χ1v) is 12.2. The number of nitrogens with one attached hydrogen (secondary N) is 1. The van der Waals surface area contributed by atoms with E-state index in [-0.39, 0.29) is 42.0 Å². The summed E-state index contributed by atoms with van der Waals surface area (Å²) >= 11 is 3.38. The van der Waals surface area contributed by atoms with Gasteiger partial charge in [-0.05, 0) is 57.4 Å². The molecule has 2 aliphatic rings. The van der Waals surface area contributed by atoms with Crippen LogP contribution < -0.4 is 10.1 Å². The third kappa shape index (κ3) is 4.70. The van der Waals surface area contributed by atoms with Crippen LogP contribution in [-0.4, -0.2) is 44.3 Å². The molecule has 6 nitrogen and oxygen atoms in total. The van der Waals surface area contributed by atoms with Gasteiger partial charge in [0.05, 0.1) is 11.6 Å². The third-order valence-corrected chi connectivity index (χ3v) is 8.54. The predicted octanol–water partition coefficient (Wildman–Crippen LogP) is 4.38. The van der Waals surface area contributed by atoms with Gasteiger partial charge in [-0.3, -0.25) is 0 Å². The third-order valence-electron chi connectivity index (χ3n) is 6.17. The molecule has 0 amide bonds. The minimum Gasteiger partial charge on any atom is -0.497 e. The Bertz CT molecular complexity index is 1050. The zero-order chi connectivity index (χ0) is 22.4. The summed E-state index contributed by atoms with van der Waals surface area (Å²) in [5, 5.41) is 3.17. The van der Waals surface area contributed by atoms with Crippen molar-refractivity contribution in [3.63, 3.8) is 0 Å². The Morgan fingerprint density at radius 1 is 1.26 bits per heavy atom. The van der Waals surface area contributed by atoms with E-state index in [2.05, 4.69) is 26.2 Å². The lowest BCUT2D eigenvalue weighted by atomic mass is 10.1. The first kappa shape index (κ1) is 22.4. The molecule has 2 fully saturated rings. The van der Waals surface area contributed by atoms with Crippen molar-refractivity contribution < 1.29 is 21.9 Å². The maximum atomic E-state index is 13.3. The second-order valence-corrected chi connectivity index (χ2v) is 11.1. The minimum atomic E-state index is -3.74. The number of sulfonamides is 1. The Hall–Kier alpha value is -1.78. The highest BCUT2D eigenvalue weighted by molar-refractivity contribution is 9.10. The van der Waals surface area contributed by atoms with Crippen LogP contribution in [0.4, 0.5) is 14.6 Å². The Balaban J connectivity index is 1.38. The van der Waals surface area contributed by atoms with Crippen molar-refractivity contribution in [3.05, 3.63) is 46.6 Å². The molecule has 2 aliphatic carbocycles. The van der Waals surface area contributed by atoms with E-state index in [4.69, 9.17) is 4.74 Å². The number of hydrogen-bond acceptors (Lipinski definition) is 5. The van der Waals surface area contributed by atoms with Crippen LogP contribution in [0.5, 0.6) is 5.75 Å². The molecule has 3 atom stereocenters. The Morgan fingerprint density at radius 2 is 1.90 bits per heavy atom. The Morgan fingerprint density at radius 3 is 2.48 bits per heavy atom. The van der Waals surface area contributed by atoms with Crippen molar-refractivity contribution in [1.82, 2.24) is 9.29 Å². The minimum absolute atomic E-state index is 0.0314. The van der Waals surface area contributed by atoms with Gasteiger partial charge in [-0.15, -0.1) is 0 Å². The lowest BCUT2D eigenvalue weighted by molar-refractivity contribution is -0.00770. The highest BCUT2D eigenvalue weighted by atomic mass is 79.9. The van der Waals surface area contributed by atoms with Gasteiger partial charge in [-0.25, -0.2) is 22.2 Å². The van der Waals surface area contributed by atoms with E-state index < -0.39 is 15.9 Å². The fourth-order valence-electron chi connectivity index (χ4n) is 4.36. The van der Waals surface area contributed by atoms with Gasteiger partial charge in [0.2, 0.25) is 15.9 Å². The number of pyridine rings is 1. The molecule has 2 aromatic rings. The van der Waals surface area contributed by atoms with Crippen molar-refractivity contribution in [2.45, 2.75) is 30.2 Å². The second kappa shape index (κ2) is 8.29. The second-order valence-electron chi connectivity index (χ2n) is 8.25. The molecule has 2 saturated carbocycles. The van der Waals surface area contributed by atoms with Gasteiger partial charge in [-0.2, -0.15) is 4.31 Å². The normalized spacial score (nSPS) is 24.1. The van der Waals surface area contributed by atoms with E-state index in [1.54, 1.807) is 19.2 Å². The van der Waals surface area contributed by atoms with E-state index in [9.17, 15) is 17.2 Å². The Kier molecular flexibility index (Phi) is 5.99. The number of anilines is 1. The molecule has 0 radical (unpaired) electrons. The van der Waals surface area contributed by atoms with Gasteiger partial charge in [0, 0.05) is 39.2 Å². The molecule has 0 aliphatic heterocycles. The molecular formula is C21H24BrF2N3O3S. The Labute approximate surface area is 189 Å². The molecule has 1 aromatic carbocycles. The highest BCUT2D eigenvalue weighted by Gasteiger charge is 2.62. The van der Waals surface area contributed by atoms with E-state index in [1.807, 2.05) is 12.1 Å². The first-order chi connectivity index (χ1) is 14.6. The quantitative estimate of drug-likeness (QED) is 0.564. The summed E-state index contributed by atoms with van der Waals surface area (Å²) < 4.78 is 59.4. The summed E-state index contributed by atoms with van der Waals surface area (Å²) in [6, 6.07) is 8.70. The van der Waals surface area contributed by atoms with Crippen LogP contribution >= 0.6 is 15.9 Å². The predicted molar refractivity (Wildman–Crippen MR) is 117 cm³/mol. The molecule has 1 N–H and O–H groups in total. The number of nitrogens with zero attached hydrogens (tertiary/aromatic N) is 2. The van der Waals surface area contributed by atoms with Crippen LogP contribution in [0.25, 0.3) is 0 Å². The maximum absolute atomic E-state index is 13.3. The topological polar surface area (TPSA) is 71.5 Å². The number of alkyl halides is 2. The van der Waals surface area contributed by atoms with E-state index >= 15 is 0 Å². The van der Waals surface area contributed by atoms with Crippen LogP contribution in [0.15, 0.2) is 45.9 Å². The maximum Gasteiger partial charge on any atom is 0.248 e. The fourth-order valence-corrected chi connectivity index (χ4v) is 6.14. The molecule has 0 saturated heterocycles. The van der Waals surface area contributed by atoms with Crippen molar-refractivity contribution >= 4 is 31.8 Å². The summed E-state index contributed by atoms with van der Waals surface area (Å²) in [6.07, 6.45) is 1.25. The lowest BCUT2D eigenvalue weighted by Gasteiger charge is -2.18. The summed E-state index contributed by atoms with van der Waals surface area (Å²) in [6.45, 7) is 0.763. The highest BCUT2D eigenvalue weighted by Crippen LogP contribution is 2.62. The first-order valence-electron chi connectivity index (χ1n) is 9.97. The molecule has 1 heterocycles. The zero-order valence-corrected chi connectivity index (χ0v) is 19.6. The van der Waals surface area contributed by atoms with Crippen LogP contribution in [0.2, 0.25) is 0 Å². The molecule has 0 spiro atoms.